The number of amides is 1. The van der Waals surface area contributed by atoms with Gasteiger partial charge in [0.05, 0.1) is 20.8 Å². The Morgan fingerprint density at radius 3 is 2.34 bits per heavy atom. The van der Waals surface area contributed by atoms with Crippen LogP contribution in [0.15, 0.2) is 89.3 Å². The predicted molar refractivity (Wildman–Crippen MR) is 137 cm³/mol. The lowest BCUT2D eigenvalue weighted by Crippen LogP contribution is -2.22. The number of carbonyl (C=O) groups is 1. The summed E-state index contributed by atoms with van der Waals surface area (Å²) in [6.07, 6.45) is 0. The second-order valence-electron chi connectivity index (χ2n) is 8.39. The second-order valence-corrected chi connectivity index (χ2v) is 8.39. The number of benzene rings is 3. The maximum Gasteiger partial charge on any atom is 0.291 e. The Morgan fingerprint density at radius 1 is 0.857 bits per heavy atom. The molecule has 0 aliphatic rings. The van der Waals surface area contributed by atoms with Crippen molar-refractivity contribution in [1.29, 1.82) is 0 Å². The molecule has 0 spiro atoms. The maximum absolute atomic E-state index is 12.7. The molecule has 0 bridgehead atoms. The fourth-order valence-corrected chi connectivity index (χ4v) is 3.89. The van der Waals surface area contributed by atoms with Gasteiger partial charge in [-0.3, -0.25) is 9.69 Å². The summed E-state index contributed by atoms with van der Waals surface area (Å²) in [5.74, 6) is 2.27. The molecule has 0 atom stereocenters. The topological polar surface area (TPSA) is 63.9 Å². The molecule has 180 valence electrons. The largest absolute Gasteiger partial charge is 0.497 e. The molecule has 0 saturated heterocycles. The summed E-state index contributed by atoms with van der Waals surface area (Å²) in [5, 5.41) is 2.88. The second kappa shape index (κ2) is 11.4. The molecule has 1 amide bonds. The van der Waals surface area contributed by atoms with Crippen molar-refractivity contribution in [1.82, 2.24) is 4.90 Å². The van der Waals surface area contributed by atoms with Crippen LogP contribution in [-0.2, 0) is 19.6 Å². The van der Waals surface area contributed by atoms with Crippen molar-refractivity contribution >= 4 is 11.6 Å². The Labute approximate surface area is 206 Å². The predicted octanol–water partition coefficient (Wildman–Crippen LogP) is 6.06. The van der Waals surface area contributed by atoms with Crippen LogP contribution in [0.4, 0.5) is 5.69 Å². The molecule has 1 aromatic heterocycles. The third-order valence-electron chi connectivity index (χ3n) is 5.70. The zero-order valence-electron chi connectivity index (χ0n) is 20.3. The smallest absolute Gasteiger partial charge is 0.291 e. The maximum atomic E-state index is 12.7. The molecular weight excluding hydrogens is 440 g/mol. The minimum Gasteiger partial charge on any atom is -0.497 e. The van der Waals surface area contributed by atoms with E-state index < -0.39 is 0 Å². The van der Waals surface area contributed by atoms with Crippen LogP contribution < -0.4 is 14.8 Å². The fourth-order valence-electron chi connectivity index (χ4n) is 3.89. The van der Waals surface area contributed by atoms with Gasteiger partial charge in [-0.15, -0.1) is 0 Å². The summed E-state index contributed by atoms with van der Waals surface area (Å²) < 4.78 is 16.9. The molecule has 0 aliphatic carbocycles. The van der Waals surface area contributed by atoms with E-state index in [1.54, 1.807) is 20.3 Å². The number of rotatable bonds is 10. The standard InChI is InChI=1S/C29H30N2O4/c1-21-9-11-24(12-10-21)30-29(32)28-16-14-26(35-28)20-31(18-22-7-5-4-6-8-22)19-23-17-25(33-2)13-15-27(23)34-3/h4-17H,18-20H2,1-3H3,(H,30,32). The van der Waals surface area contributed by atoms with Crippen LogP contribution in [-0.4, -0.2) is 25.0 Å². The summed E-state index contributed by atoms with van der Waals surface area (Å²) in [6, 6.07) is 27.3. The van der Waals surface area contributed by atoms with Gasteiger partial charge in [0.2, 0.25) is 0 Å². The molecule has 3 aromatic carbocycles. The van der Waals surface area contributed by atoms with E-state index in [-0.39, 0.29) is 11.7 Å². The van der Waals surface area contributed by atoms with Crippen LogP contribution >= 0.6 is 0 Å². The minimum atomic E-state index is -0.274. The van der Waals surface area contributed by atoms with Gasteiger partial charge >= 0.3 is 0 Å². The van der Waals surface area contributed by atoms with Crippen molar-refractivity contribution in [2.75, 3.05) is 19.5 Å². The first-order chi connectivity index (χ1) is 17.0. The van der Waals surface area contributed by atoms with Crippen LogP contribution in [0.1, 0.15) is 33.0 Å². The molecule has 6 heteroatoms. The first-order valence-electron chi connectivity index (χ1n) is 11.5. The number of anilines is 1. The zero-order valence-corrected chi connectivity index (χ0v) is 20.3. The molecule has 35 heavy (non-hydrogen) atoms. The molecule has 0 radical (unpaired) electrons. The average molecular weight is 471 g/mol. The summed E-state index contributed by atoms with van der Waals surface area (Å²) in [6.45, 7) is 3.84. The average Bonchev–Trinajstić information content (AvgIpc) is 3.34. The number of ether oxygens (including phenoxy) is 2. The highest BCUT2D eigenvalue weighted by Gasteiger charge is 2.17. The van der Waals surface area contributed by atoms with Crippen LogP contribution in [0.2, 0.25) is 0 Å². The van der Waals surface area contributed by atoms with Crippen molar-refractivity contribution in [3.8, 4) is 11.5 Å². The molecule has 1 heterocycles. The molecule has 0 unspecified atom stereocenters. The van der Waals surface area contributed by atoms with Gasteiger partial charge in [0, 0.05) is 24.3 Å². The minimum absolute atomic E-state index is 0.274. The van der Waals surface area contributed by atoms with E-state index in [4.69, 9.17) is 13.9 Å². The SMILES string of the molecule is COc1ccc(OC)c(CN(Cc2ccccc2)Cc2ccc(C(=O)Nc3ccc(C)cc3)o2)c1. The summed E-state index contributed by atoms with van der Waals surface area (Å²) >= 11 is 0. The van der Waals surface area contributed by atoms with Gasteiger partial charge in [0.25, 0.3) is 5.91 Å². The zero-order chi connectivity index (χ0) is 24.6. The number of nitrogens with one attached hydrogen (secondary N) is 1. The molecule has 1 N–H and O–H groups in total. The molecule has 4 rings (SSSR count). The normalized spacial score (nSPS) is 10.9. The van der Waals surface area contributed by atoms with Gasteiger partial charge in [-0.05, 0) is 55.0 Å². The highest BCUT2D eigenvalue weighted by atomic mass is 16.5. The van der Waals surface area contributed by atoms with E-state index in [2.05, 4.69) is 22.3 Å². The van der Waals surface area contributed by atoms with Crippen LogP contribution in [0.3, 0.4) is 0 Å². The number of carbonyl (C=O) groups excluding carboxylic acids is 1. The third-order valence-corrected chi connectivity index (χ3v) is 5.70. The van der Waals surface area contributed by atoms with Crippen LogP contribution in [0, 0.1) is 6.92 Å². The Bertz CT molecular complexity index is 1250. The number of hydrogen-bond acceptors (Lipinski definition) is 5. The van der Waals surface area contributed by atoms with Crippen molar-refractivity contribution in [2.45, 2.75) is 26.6 Å². The highest BCUT2D eigenvalue weighted by Crippen LogP contribution is 2.27. The Hall–Kier alpha value is -4.03. The Balaban J connectivity index is 1.52. The van der Waals surface area contributed by atoms with Gasteiger partial charge in [-0.25, -0.2) is 0 Å². The lowest BCUT2D eigenvalue weighted by molar-refractivity contribution is 0.0992. The Kier molecular flexibility index (Phi) is 7.85. The van der Waals surface area contributed by atoms with Crippen molar-refractivity contribution < 1.29 is 18.7 Å². The van der Waals surface area contributed by atoms with E-state index in [0.29, 0.717) is 25.4 Å². The number of methoxy groups -OCH3 is 2. The highest BCUT2D eigenvalue weighted by molar-refractivity contribution is 6.02. The molecule has 0 aliphatic heterocycles. The summed E-state index contributed by atoms with van der Waals surface area (Å²) in [7, 11) is 3.32. The molecular formula is C29H30N2O4. The summed E-state index contributed by atoms with van der Waals surface area (Å²) in [5.41, 5.74) is 4.05. The van der Waals surface area contributed by atoms with Gasteiger partial charge in [-0.2, -0.15) is 0 Å². The van der Waals surface area contributed by atoms with Gasteiger partial charge < -0.3 is 19.2 Å². The van der Waals surface area contributed by atoms with Crippen molar-refractivity contribution in [3.05, 3.63) is 113 Å². The summed E-state index contributed by atoms with van der Waals surface area (Å²) in [4.78, 5) is 14.9. The number of nitrogens with zero attached hydrogens (tertiary/aromatic N) is 1. The molecule has 6 nitrogen and oxygen atoms in total. The van der Waals surface area contributed by atoms with E-state index >= 15 is 0 Å². The van der Waals surface area contributed by atoms with E-state index in [9.17, 15) is 4.79 Å². The van der Waals surface area contributed by atoms with Crippen molar-refractivity contribution in [2.24, 2.45) is 0 Å². The van der Waals surface area contributed by atoms with E-state index in [1.807, 2.05) is 73.7 Å². The molecule has 0 fully saturated rings. The number of hydrogen-bond donors (Lipinski definition) is 1. The van der Waals surface area contributed by atoms with Crippen LogP contribution in [0.25, 0.3) is 0 Å². The van der Waals surface area contributed by atoms with Crippen molar-refractivity contribution in [3.63, 3.8) is 0 Å². The lowest BCUT2D eigenvalue weighted by atomic mass is 10.1. The Morgan fingerprint density at radius 2 is 1.63 bits per heavy atom. The first-order valence-corrected chi connectivity index (χ1v) is 11.5. The van der Waals surface area contributed by atoms with E-state index in [0.717, 1.165) is 28.3 Å². The third kappa shape index (κ3) is 6.52. The lowest BCUT2D eigenvalue weighted by Gasteiger charge is -2.23. The monoisotopic (exact) mass is 470 g/mol. The van der Waals surface area contributed by atoms with E-state index in [1.165, 1.54) is 5.56 Å². The number of furan rings is 1. The van der Waals surface area contributed by atoms with Gasteiger partial charge in [0.1, 0.15) is 17.3 Å². The first kappa shape index (κ1) is 24.1. The molecule has 0 saturated carbocycles. The molecule has 4 aromatic rings. The van der Waals surface area contributed by atoms with Crippen LogP contribution in [0.5, 0.6) is 11.5 Å². The number of aryl methyl sites for hydroxylation is 1. The van der Waals surface area contributed by atoms with Gasteiger partial charge in [-0.1, -0.05) is 48.0 Å². The van der Waals surface area contributed by atoms with Gasteiger partial charge in [0.15, 0.2) is 5.76 Å². The fraction of sp³-hybridized carbons (Fsp3) is 0.207. The quantitative estimate of drug-likeness (QED) is 0.305.